The lowest BCUT2D eigenvalue weighted by Gasteiger charge is -2.42. The summed E-state index contributed by atoms with van der Waals surface area (Å²) in [6, 6.07) is 6.89. The first-order valence-electron chi connectivity index (χ1n) is 11.3. The van der Waals surface area contributed by atoms with Crippen LogP contribution in [-0.2, 0) is 14.3 Å². The number of ether oxygens (including phenoxy) is 2. The zero-order valence-corrected chi connectivity index (χ0v) is 18.6. The van der Waals surface area contributed by atoms with Gasteiger partial charge in [0.25, 0.3) is 5.91 Å². The van der Waals surface area contributed by atoms with Crippen molar-refractivity contribution in [2.45, 2.75) is 44.7 Å². The molecule has 2 saturated heterocycles. The number of carboxylic acid groups (broad SMARTS) is 1. The molecule has 3 rings (SSSR count). The summed E-state index contributed by atoms with van der Waals surface area (Å²) in [5.41, 5.74) is 0.428. The van der Waals surface area contributed by atoms with Gasteiger partial charge in [0.2, 0.25) is 0 Å². The predicted octanol–water partition coefficient (Wildman–Crippen LogP) is 1.37. The minimum atomic E-state index is -1.07. The zero-order chi connectivity index (χ0) is 22.9. The van der Waals surface area contributed by atoms with Crippen molar-refractivity contribution in [1.82, 2.24) is 15.1 Å². The van der Waals surface area contributed by atoms with Crippen molar-refractivity contribution >= 4 is 17.8 Å². The molecule has 2 N–H and O–H groups in total. The number of nitrogens with one attached hydrogen (secondary N) is 1. The Hall–Kier alpha value is -2.65. The van der Waals surface area contributed by atoms with Gasteiger partial charge in [-0.15, -0.1) is 0 Å². The average molecular weight is 448 g/mol. The summed E-state index contributed by atoms with van der Waals surface area (Å²) >= 11 is 0. The van der Waals surface area contributed by atoms with Crippen molar-refractivity contribution in [2.75, 3.05) is 45.9 Å². The van der Waals surface area contributed by atoms with Crippen molar-refractivity contribution in [3.8, 4) is 5.75 Å². The molecule has 1 aromatic carbocycles. The third-order valence-electron chi connectivity index (χ3n) is 6.09. The summed E-state index contributed by atoms with van der Waals surface area (Å²) in [5, 5.41) is 12.1. The number of rotatable bonds is 9. The highest BCUT2D eigenvalue weighted by Crippen LogP contribution is 2.24. The molecule has 1 aromatic rings. The second kappa shape index (κ2) is 11.8. The Morgan fingerprint density at radius 2 is 1.75 bits per heavy atom. The number of likely N-dealkylation sites (tertiary alicyclic amines) is 1. The van der Waals surface area contributed by atoms with Crippen LogP contribution in [0.1, 0.15) is 43.0 Å². The molecule has 0 atom stereocenters. The summed E-state index contributed by atoms with van der Waals surface area (Å²) in [7, 11) is 0. The fraction of sp³-hybridized carbons (Fsp3) is 0.609. The maximum absolute atomic E-state index is 13.3. The van der Waals surface area contributed by atoms with Crippen LogP contribution in [0.15, 0.2) is 24.3 Å². The molecule has 2 fully saturated rings. The van der Waals surface area contributed by atoms with E-state index in [1.54, 1.807) is 36.1 Å². The molecule has 2 heterocycles. The van der Waals surface area contributed by atoms with E-state index in [0.717, 1.165) is 51.9 Å². The normalized spacial score (nSPS) is 18.2. The largest absolute Gasteiger partial charge is 0.482 e. The van der Waals surface area contributed by atoms with Gasteiger partial charge >= 0.3 is 11.9 Å². The van der Waals surface area contributed by atoms with Gasteiger partial charge in [0, 0.05) is 30.7 Å². The molecule has 0 bridgehead atoms. The number of esters is 1. The van der Waals surface area contributed by atoms with Crippen LogP contribution in [0.25, 0.3) is 0 Å². The predicted molar refractivity (Wildman–Crippen MR) is 118 cm³/mol. The minimum absolute atomic E-state index is 0.0344. The summed E-state index contributed by atoms with van der Waals surface area (Å²) < 4.78 is 10.2. The van der Waals surface area contributed by atoms with E-state index in [-0.39, 0.29) is 25.1 Å². The van der Waals surface area contributed by atoms with E-state index in [1.807, 2.05) is 0 Å². The van der Waals surface area contributed by atoms with Crippen LogP contribution in [0.5, 0.6) is 5.75 Å². The third kappa shape index (κ3) is 6.67. The Morgan fingerprint density at radius 1 is 1.09 bits per heavy atom. The second-order valence-corrected chi connectivity index (χ2v) is 8.19. The van der Waals surface area contributed by atoms with Crippen molar-refractivity contribution in [3.05, 3.63) is 29.8 Å². The van der Waals surface area contributed by atoms with Gasteiger partial charge in [-0.25, -0.2) is 4.79 Å². The molecule has 1 amide bonds. The summed E-state index contributed by atoms with van der Waals surface area (Å²) in [4.78, 5) is 40.3. The quantitative estimate of drug-likeness (QED) is 0.547. The number of hydrogen-bond donors (Lipinski definition) is 2. The number of carbonyl (C=O) groups excluding carboxylic acids is 2. The smallest absolute Gasteiger partial charge is 0.341 e. The molecule has 2 aliphatic rings. The van der Waals surface area contributed by atoms with Crippen LogP contribution in [0.4, 0.5) is 0 Å². The van der Waals surface area contributed by atoms with Gasteiger partial charge in [-0.1, -0.05) is 0 Å². The first-order valence-corrected chi connectivity index (χ1v) is 11.3. The number of benzene rings is 1. The van der Waals surface area contributed by atoms with E-state index < -0.39 is 18.5 Å². The molecule has 9 heteroatoms. The number of aliphatic carboxylic acids is 1. The SMILES string of the molecule is CCOC(=O)CN(C(=O)c1ccc(OCC(=O)O)cc1)C1CCN(C2CCNCC2)CC1. The topological polar surface area (TPSA) is 108 Å². The molecule has 0 radical (unpaired) electrons. The Bertz CT molecular complexity index is 770. The van der Waals surface area contributed by atoms with Gasteiger partial charge < -0.3 is 29.7 Å². The van der Waals surface area contributed by atoms with Crippen LogP contribution >= 0.6 is 0 Å². The fourth-order valence-electron chi connectivity index (χ4n) is 4.45. The van der Waals surface area contributed by atoms with Crippen molar-refractivity contribution in [3.63, 3.8) is 0 Å². The molecule has 0 unspecified atom stereocenters. The molecule has 0 spiro atoms. The molecular formula is C23H33N3O6. The zero-order valence-electron chi connectivity index (χ0n) is 18.6. The maximum atomic E-state index is 13.3. The average Bonchev–Trinajstić information content (AvgIpc) is 2.82. The highest BCUT2D eigenvalue weighted by molar-refractivity contribution is 5.96. The van der Waals surface area contributed by atoms with Crippen LogP contribution in [0.2, 0.25) is 0 Å². The van der Waals surface area contributed by atoms with Gasteiger partial charge in [0.1, 0.15) is 12.3 Å². The fourth-order valence-corrected chi connectivity index (χ4v) is 4.45. The Balaban J connectivity index is 1.66. The van der Waals surface area contributed by atoms with Gasteiger partial charge in [-0.05, 0) is 70.0 Å². The number of piperidine rings is 2. The van der Waals surface area contributed by atoms with Gasteiger partial charge in [0.05, 0.1) is 6.61 Å². The Kier molecular flexibility index (Phi) is 8.87. The van der Waals surface area contributed by atoms with Crippen LogP contribution < -0.4 is 10.1 Å². The summed E-state index contributed by atoms with van der Waals surface area (Å²) in [6.07, 6.45) is 3.92. The molecule has 0 aliphatic carbocycles. The monoisotopic (exact) mass is 447 g/mol. The second-order valence-electron chi connectivity index (χ2n) is 8.19. The van der Waals surface area contributed by atoms with E-state index >= 15 is 0 Å². The van der Waals surface area contributed by atoms with Crippen molar-refractivity contribution in [2.24, 2.45) is 0 Å². The molecular weight excluding hydrogens is 414 g/mol. The van der Waals surface area contributed by atoms with Gasteiger partial charge in [-0.2, -0.15) is 0 Å². The van der Waals surface area contributed by atoms with Crippen LogP contribution in [0, 0.1) is 0 Å². The molecule has 2 aliphatic heterocycles. The highest BCUT2D eigenvalue weighted by atomic mass is 16.5. The maximum Gasteiger partial charge on any atom is 0.341 e. The Labute approximate surface area is 188 Å². The summed E-state index contributed by atoms with van der Waals surface area (Å²) in [6.45, 7) is 5.39. The molecule has 176 valence electrons. The molecule has 0 saturated carbocycles. The lowest BCUT2D eigenvalue weighted by Crippen LogP contribution is -2.52. The first kappa shape index (κ1) is 24.0. The van der Waals surface area contributed by atoms with Crippen LogP contribution in [-0.4, -0.2) is 90.8 Å². The first-order chi connectivity index (χ1) is 15.5. The number of hydrogen-bond acceptors (Lipinski definition) is 7. The summed E-state index contributed by atoms with van der Waals surface area (Å²) in [5.74, 6) is -1.34. The van der Waals surface area contributed by atoms with E-state index in [9.17, 15) is 14.4 Å². The lowest BCUT2D eigenvalue weighted by molar-refractivity contribution is -0.144. The number of nitrogens with zero attached hydrogens (tertiary/aromatic N) is 2. The lowest BCUT2D eigenvalue weighted by atomic mass is 9.97. The molecule has 9 nitrogen and oxygen atoms in total. The van der Waals surface area contributed by atoms with Crippen molar-refractivity contribution in [1.29, 1.82) is 0 Å². The number of carbonyl (C=O) groups is 3. The molecule has 32 heavy (non-hydrogen) atoms. The van der Waals surface area contributed by atoms with E-state index in [1.165, 1.54) is 0 Å². The van der Waals surface area contributed by atoms with Gasteiger partial charge in [-0.3, -0.25) is 9.59 Å². The third-order valence-corrected chi connectivity index (χ3v) is 6.09. The Morgan fingerprint density at radius 3 is 2.34 bits per heavy atom. The van der Waals surface area contributed by atoms with E-state index in [4.69, 9.17) is 14.6 Å². The van der Waals surface area contributed by atoms with Crippen molar-refractivity contribution < 1.29 is 29.0 Å². The van der Waals surface area contributed by atoms with Crippen LogP contribution in [0.3, 0.4) is 0 Å². The number of amides is 1. The van der Waals surface area contributed by atoms with E-state index in [0.29, 0.717) is 17.4 Å². The van der Waals surface area contributed by atoms with Gasteiger partial charge in [0.15, 0.2) is 6.61 Å². The van der Waals surface area contributed by atoms with E-state index in [2.05, 4.69) is 10.2 Å². The molecule has 0 aromatic heterocycles. The number of carboxylic acids is 1. The highest BCUT2D eigenvalue weighted by Gasteiger charge is 2.32. The standard InChI is InChI=1S/C23H33N3O6/c1-2-31-22(29)15-26(19-9-13-25(14-10-19)18-7-11-24-12-8-18)23(30)17-3-5-20(6-4-17)32-16-21(27)28/h3-6,18-19,24H,2,7-16H2,1H3,(H,27,28). The minimum Gasteiger partial charge on any atom is -0.482 e.